The van der Waals surface area contributed by atoms with Crippen molar-refractivity contribution in [3.8, 4) is 23.0 Å². The predicted octanol–water partition coefficient (Wildman–Crippen LogP) is 3.98. The number of rotatable bonds is 8. The highest BCUT2D eigenvalue weighted by atomic mass is 32.2. The third kappa shape index (κ3) is 5.34. The first-order chi connectivity index (χ1) is 18.1. The molecule has 0 aliphatic carbocycles. The summed E-state index contributed by atoms with van der Waals surface area (Å²) in [4.78, 5) is 30.9. The maximum atomic E-state index is 13.4. The molecule has 1 aromatic heterocycles. The highest BCUT2D eigenvalue weighted by Crippen LogP contribution is 2.32. The van der Waals surface area contributed by atoms with Crippen molar-refractivity contribution in [3.63, 3.8) is 0 Å². The van der Waals surface area contributed by atoms with Crippen molar-refractivity contribution in [3.05, 3.63) is 77.1 Å². The van der Waals surface area contributed by atoms with E-state index >= 15 is 0 Å². The van der Waals surface area contributed by atoms with Crippen molar-refractivity contribution in [2.45, 2.75) is 17.8 Å². The quantitative estimate of drug-likeness (QED) is 0.276. The number of nitrogens with zero attached hydrogens (tertiary/aromatic N) is 2. The number of anilines is 1. The van der Waals surface area contributed by atoms with E-state index in [4.69, 9.17) is 18.9 Å². The number of hydrogen-bond donors (Lipinski definition) is 1. The van der Waals surface area contributed by atoms with Crippen LogP contribution >= 0.6 is 11.8 Å². The number of amides is 1. The van der Waals surface area contributed by atoms with Crippen LogP contribution in [0.4, 0.5) is 5.69 Å². The number of thioether (sulfide) groups is 1. The fraction of sp³-hybridized carbons (Fsp3) is 0.222. The van der Waals surface area contributed by atoms with Crippen LogP contribution in [-0.2, 0) is 11.3 Å². The monoisotopic (exact) mass is 519 g/mol. The molecule has 1 atom stereocenters. The number of carbonyl (C=O) groups excluding carboxylic acids is 1. The lowest BCUT2D eigenvalue weighted by Gasteiger charge is -2.27. The Labute approximate surface area is 217 Å². The second-order valence-electron chi connectivity index (χ2n) is 8.23. The van der Waals surface area contributed by atoms with E-state index in [9.17, 15) is 9.59 Å². The molecule has 1 aliphatic rings. The van der Waals surface area contributed by atoms with Gasteiger partial charge in [0.2, 0.25) is 5.91 Å². The molecule has 3 aromatic carbocycles. The molecule has 0 spiro atoms. The van der Waals surface area contributed by atoms with Crippen LogP contribution in [0.1, 0.15) is 0 Å². The van der Waals surface area contributed by atoms with E-state index in [-0.39, 0.29) is 30.4 Å². The minimum atomic E-state index is -0.396. The first kappa shape index (κ1) is 24.5. The Bertz CT molecular complexity index is 1510. The van der Waals surface area contributed by atoms with Crippen LogP contribution in [0.25, 0.3) is 10.9 Å². The van der Waals surface area contributed by atoms with Gasteiger partial charge in [0.1, 0.15) is 18.1 Å². The van der Waals surface area contributed by atoms with Crippen molar-refractivity contribution in [1.82, 2.24) is 9.55 Å². The molecule has 4 aromatic rings. The van der Waals surface area contributed by atoms with Gasteiger partial charge >= 0.3 is 0 Å². The lowest BCUT2D eigenvalue weighted by Crippen LogP contribution is -2.37. The van der Waals surface area contributed by atoms with Crippen molar-refractivity contribution in [2.75, 3.05) is 31.9 Å². The fourth-order valence-electron chi connectivity index (χ4n) is 3.99. The Balaban J connectivity index is 1.37. The second-order valence-corrected chi connectivity index (χ2v) is 9.17. The van der Waals surface area contributed by atoms with Gasteiger partial charge in [-0.05, 0) is 36.4 Å². The number of nitrogens with one attached hydrogen (secondary N) is 1. The number of para-hydroxylation sites is 3. The van der Waals surface area contributed by atoms with Crippen LogP contribution in [0.5, 0.6) is 23.0 Å². The summed E-state index contributed by atoms with van der Waals surface area (Å²) >= 11 is 1.18. The highest BCUT2D eigenvalue weighted by molar-refractivity contribution is 7.99. The van der Waals surface area contributed by atoms with Crippen LogP contribution in [0.3, 0.4) is 0 Å². The van der Waals surface area contributed by atoms with E-state index in [1.807, 2.05) is 30.3 Å². The third-order valence-electron chi connectivity index (χ3n) is 5.80. The Morgan fingerprint density at radius 3 is 2.68 bits per heavy atom. The van der Waals surface area contributed by atoms with Crippen LogP contribution in [0, 0.1) is 0 Å². The average molecular weight is 520 g/mol. The summed E-state index contributed by atoms with van der Waals surface area (Å²) in [7, 11) is 3.08. The van der Waals surface area contributed by atoms with Gasteiger partial charge in [0.25, 0.3) is 5.56 Å². The Morgan fingerprint density at radius 1 is 1.08 bits per heavy atom. The number of fused-ring (bicyclic) bond motifs is 2. The molecule has 10 heteroatoms. The Hall–Kier alpha value is -4.18. The molecule has 0 saturated heterocycles. The van der Waals surface area contributed by atoms with Gasteiger partial charge in [0.15, 0.2) is 22.8 Å². The molecule has 0 saturated carbocycles. The smallest absolute Gasteiger partial charge is 0.262 e. The maximum absolute atomic E-state index is 13.4. The summed E-state index contributed by atoms with van der Waals surface area (Å²) in [5.74, 6) is 2.16. The minimum Gasteiger partial charge on any atom is -0.497 e. The summed E-state index contributed by atoms with van der Waals surface area (Å²) in [5, 5.41) is 3.76. The number of benzene rings is 3. The van der Waals surface area contributed by atoms with Gasteiger partial charge < -0.3 is 24.3 Å². The summed E-state index contributed by atoms with van der Waals surface area (Å²) in [6.07, 6.45) is -0.396. The largest absolute Gasteiger partial charge is 0.497 e. The van der Waals surface area contributed by atoms with Crippen molar-refractivity contribution in [1.29, 1.82) is 0 Å². The molecule has 2 heterocycles. The molecule has 1 amide bonds. The van der Waals surface area contributed by atoms with Crippen molar-refractivity contribution in [2.24, 2.45) is 0 Å². The van der Waals surface area contributed by atoms with Crippen LogP contribution in [0.2, 0.25) is 0 Å². The molecule has 0 radical (unpaired) electrons. The van der Waals surface area contributed by atoms with E-state index in [0.717, 1.165) is 0 Å². The molecule has 0 unspecified atom stereocenters. The molecule has 5 rings (SSSR count). The molecule has 0 bridgehead atoms. The molecular weight excluding hydrogens is 494 g/mol. The zero-order valence-electron chi connectivity index (χ0n) is 20.3. The third-order valence-corrected chi connectivity index (χ3v) is 6.77. The summed E-state index contributed by atoms with van der Waals surface area (Å²) in [6, 6.07) is 19.7. The van der Waals surface area contributed by atoms with Gasteiger partial charge in [0, 0.05) is 6.07 Å². The minimum absolute atomic E-state index is 0.0326. The molecule has 0 fully saturated rings. The molecular formula is C27H25N3O6S. The number of aromatic nitrogens is 2. The van der Waals surface area contributed by atoms with Gasteiger partial charge in [-0.15, -0.1) is 0 Å². The fourth-order valence-corrected chi connectivity index (χ4v) is 4.80. The maximum Gasteiger partial charge on any atom is 0.262 e. The van der Waals surface area contributed by atoms with E-state index in [2.05, 4.69) is 10.3 Å². The zero-order valence-corrected chi connectivity index (χ0v) is 21.1. The molecule has 1 aliphatic heterocycles. The first-order valence-electron chi connectivity index (χ1n) is 11.6. The second kappa shape index (κ2) is 10.8. The molecule has 1 N–H and O–H groups in total. The Morgan fingerprint density at radius 2 is 1.86 bits per heavy atom. The number of hydrogen-bond acceptors (Lipinski definition) is 8. The van der Waals surface area contributed by atoms with Gasteiger partial charge in [-0.25, -0.2) is 4.98 Å². The van der Waals surface area contributed by atoms with Crippen LogP contribution in [0.15, 0.2) is 76.7 Å². The number of ether oxygens (including phenoxy) is 4. The first-order valence-corrected chi connectivity index (χ1v) is 12.6. The summed E-state index contributed by atoms with van der Waals surface area (Å²) < 4.78 is 24.0. The predicted molar refractivity (Wildman–Crippen MR) is 141 cm³/mol. The normalized spacial score (nSPS) is 14.3. The van der Waals surface area contributed by atoms with E-state index < -0.39 is 6.10 Å². The number of methoxy groups -OCH3 is 2. The van der Waals surface area contributed by atoms with Crippen molar-refractivity contribution < 1.29 is 23.7 Å². The Kier molecular flexibility index (Phi) is 7.18. The van der Waals surface area contributed by atoms with E-state index in [1.165, 1.54) is 18.9 Å². The molecule has 37 heavy (non-hydrogen) atoms. The summed E-state index contributed by atoms with van der Waals surface area (Å²) in [5.41, 5.74) is 0.881. The van der Waals surface area contributed by atoms with Gasteiger partial charge in [-0.1, -0.05) is 36.0 Å². The van der Waals surface area contributed by atoms with Crippen molar-refractivity contribution >= 4 is 34.3 Å². The molecule has 190 valence electrons. The zero-order chi connectivity index (χ0) is 25.8. The SMILES string of the molecule is COc1ccc(NC(=O)CSc2nc3ccccc3c(=O)n2C[C@@H]2COc3ccccc3O2)c(OC)c1. The van der Waals surface area contributed by atoms with Crippen LogP contribution in [-0.4, -0.2) is 48.1 Å². The lowest BCUT2D eigenvalue weighted by atomic mass is 10.2. The van der Waals surface area contributed by atoms with Gasteiger partial charge in [-0.2, -0.15) is 0 Å². The average Bonchev–Trinajstić information content (AvgIpc) is 2.93. The highest BCUT2D eigenvalue weighted by Gasteiger charge is 2.24. The van der Waals surface area contributed by atoms with E-state index in [1.54, 1.807) is 48.1 Å². The lowest BCUT2D eigenvalue weighted by molar-refractivity contribution is -0.113. The standard InChI is InChI=1S/C27H25N3O6S/c1-33-17-11-12-21(24(13-17)34-2)28-25(31)16-37-27-29-20-8-4-3-7-19(20)26(32)30(27)14-18-15-35-22-9-5-6-10-23(22)36-18/h3-13,18H,14-16H2,1-2H3,(H,28,31)/t18-/m1/s1. The van der Waals surface area contributed by atoms with E-state index in [0.29, 0.717) is 44.7 Å². The molecule has 9 nitrogen and oxygen atoms in total. The van der Waals surface area contributed by atoms with Crippen LogP contribution < -0.4 is 29.8 Å². The number of carbonyl (C=O) groups is 1. The van der Waals surface area contributed by atoms with Gasteiger partial charge in [0.05, 0.1) is 43.1 Å². The summed E-state index contributed by atoms with van der Waals surface area (Å²) in [6.45, 7) is 0.513. The topological polar surface area (TPSA) is 101 Å². The van der Waals surface area contributed by atoms with Gasteiger partial charge in [-0.3, -0.25) is 14.2 Å².